The fourth-order valence-electron chi connectivity index (χ4n) is 4.46. The number of aromatic nitrogens is 2. The quantitative estimate of drug-likeness (QED) is 0.538. The molecule has 4 rings (SSSR count). The van der Waals surface area contributed by atoms with Crippen molar-refractivity contribution < 1.29 is 4.79 Å². The molecule has 6 heteroatoms. The normalized spacial score (nSPS) is 15.3. The Morgan fingerprint density at radius 2 is 1.94 bits per heavy atom. The number of aromatic amines is 1. The second-order valence-electron chi connectivity index (χ2n) is 8.29. The predicted octanol–water partition coefficient (Wildman–Crippen LogP) is 5.41. The summed E-state index contributed by atoms with van der Waals surface area (Å²) in [5.74, 6) is 1.15. The SMILES string of the molecule is CCCCN1CCC(c2c[nH]c3ccc(N(C(=O)NCC)c4ccccc4)nc23)CC1. The van der Waals surface area contributed by atoms with E-state index in [0.29, 0.717) is 18.3 Å². The van der Waals surface area contributed by atoms with Crippen LogP contribution in [0.15, 0.2) is 48.7 Å². The summed E-state index contributed by atoms with van der Waals surface area (Å²) in [5.41, 5.74) is 4.09. The molecule has 1 aromatic carbocycles. The number of nitrogens with one attached hydrogen (secondary N) is 2. The number of carbonyl (C=O) groups is 1. The number of likely N-dealkylation sites (tertiary alicyclic amines) is 1. The van der Waals surface area contributed by atoms with E-state index in [1.165, 1.54) is 24.9 Å². The monoisotopic (exact) mass is 419 g/mol. The van der Waals surface area contributed by atoms with Gasteiger partial charge in [0.15, 0.2) is 0 Å². The summed E-state index contributed by atoms with van der Waals surface area (Å²) in [6.45, 7) is 8.24. The molecule has 0 radical (unpaired) electrons. The van der Waals surface area contributed by atoms with E-state index in [1.807, 2.05) is 49.4 Å². The van der Waals surface area contributed by atoms with Crippen molar-refractivity contribution in [2.45, 2.75) is 45.4 Å². The Morgan fingerprint density at radius 1 is 1.16 bits per heavy atom. The molecule has 1 aliphatic rings. The summed E-state index contributed by atoms with van der Waals surface area (Å²) < 4.78 is 0. The molecule has 2 N–H and O–H groups in total. The van der Waals surface area contributed by atoms with E-state index in [0.717, 1.165) is 42.7 Å². The van der Waals surface area contributed by atoms with Crippen LogP contribution in [0.25, 0.3) is 11.0 Å². The van der Waals surface area contributed by atoms with Crippen LogP contribution in [0.1, 0.15) is 51.0 Å². The number of urea groups is 1. The van der Waals surface area contributed by atoms with Gasteiger partial charge in [-0.1, -0.05) is 31.5 Å². The fourth-order valence-corrected chi connectivity index (χ4v) is 4.46. The maximum absolute atomic E-state index is 12.9. The molecule has 0 bridgehead atoms. The van der Waals surface area contributed by atoms with Crippen molar-refractivity contribution in [2.24, 2.45) is 0 Å². The van der Waals surface area contributed by atoms with E-state index in [9.17, 15) is 4.79 Å². The number of pyridine rings is 1. The number of amides is 2. The van der Waals surface area contributed by atoms with Gasteiger partial charge in [0.05, 0.1) is 16.7 Å². The van der Waals surface area contributed by atoms with Crippen molar-refractivity contribution in [2.75, 3.05) is 31.1 Å². The molecule has 0 saturated carbocycles. The van der Waals surface area contributed by atoms with Crippen molar-refractivity contribution >= 4 is 28.6 Å². The number of para-hydroxylation sites is 1. The third kappa shape index (κ3) is 4.74. The number of nitrogens with zero attached hydrogens (tertiary/aromatic N) is 3. The van der Waals surface area contributed by atoms with Crippen molar-refractivity contribution in [1.29, 1.82) is 0 Å². The summed E-state index contributed by atoms with van der Waals surface area (Å²) >= 11 is 0. The van der Waals surface area contributed by atoms with Crippen molar-refractivity contribution in [3.8, 4) is 0 Å². The zero-order valence-electron chi connectivity index (χ0n) is 18.6. The van der Waals surface area contributed by atoms with Gasteiger partial charge in [0.2, 0.25) is 0 Å². The first-order valence-corrected chi connectivity index (χ1v) is 11.5. The lowest BCUT2D eigenvalue weighted by molar-refractivity contribution is 0.210. The van der Waals surface area contributed by atoms with E-state index >= 15 is 0 Å². The van der Waals surface area contributed by atoms with Crippen LogP contribution in [0.2, 0.25) is 0 Å². The van der Waals surface area contributed by atoms with Crippen LogP contribution in [-0.2, 0) is 0 Å². The second kappa shape index (κ2) is 9.96. The van der Waals surface area contributed by atoms with Gasteiger partial charge < -0.3 is 15.2 Å². The van der Waals surface area contributed by atoms with E-state index in [2.05, 4.69) is 28.3 Å². The standard InChI is InChI=1S/C25H33N5O/c1-3-5-15-29-16-13-19(14-17-29)21-18-27-22-11-12-23(28-24(21)22)30(25(31)26-4-2)20-9-7-6-8-10-20/h6-12,18-19,27H,3-5,13-17H2,1-2H3,(H,26,31). The van der Waals surface area contributed by atoms with Gasteiger partial charge >= 0.3 is 6.03 Å². The minimum Gasteiger partial charge on any atom is -0.360 e. The number of H-pyrrole nitrogens is 1. The first kappa shape index (κ1) is 21.4. The predicted molar refractivity (Wildman–Crippen MR) is 127 cm³/mol. The van der Waals surface area contributed by atoms with Gasteiger partial charge in [-0.25, -0.2) is 14.7 Å². The highest BCUT2D eigenvalue weighted by atomic mass is 16.2. The average molecular weight is 420 g/mol. The highest BCUT2D eigenvalue weighted by Crippen LogP contribution is 2.34. The number of unbranched alkanes of at least 4 members (excludes halogenated alkanes) is 1. The molecule has 0 aliphatic carbocycles. The molecule has 1 fully saturated rings. The molecule has 0 unspecified atom stereocenters. The second-order valence-corrected chi connectivity index (χ2v) is 8.29. The van der Waals surface area contributed by atoms with Crippen LogP contribution >= 0.6 is 0 Å². The van der Waals surface area contributed by atoms with Crippen molar-refractivity contribution in [1.82, 2.24) is 20.2 Å². The van der Waals surface area contributed by atoms with Crippen molar-refractivity contribution in [3.05, 3.63) is 54.2 Å². The Labute approximate surface area is 184 Å². The molecule has 0 spiro atoms. The van der Waals surface area contributed by atoms with Crippen molar-refractivity contribution in [3.63, 3.8) is 0 Å². The molecule has 31 heavy (non-hydrogen) atoms. The van der Waals surface area contributed by atoms with Gasteiger partial charge in [0, 0.05) is 12.7 Å². The third-order valence-corrected chi connectivity index (χ3v) is 6.17. The summed E-state index contributed by atoms with van der Waals surface area (Å²) in [4.78, 5) is 25.5. The van der Waals surface area contributed by atoms with Gasteiger partial charge in [-0.15, -0.1) is 0 Å². The number of rotatable bonds is 7. The highest BCUT2D eigenvalue weighted by Gasteiger charge is 2.25. The van der Waals surface area contributed by atoms with Crippen LogP contribution in [-0.4, -0.2) is 47.1 Å². The third-order valence-electron chi connectivity index (χ3n) is 6.17. The Balaban J connectivity index is 1.62. The highest BCUT2D eigenvalue weighted by molar-refractivity contribution is 5.99. The largest absolute Gasteiger partial charge is 0.360 e. The molecule has 6 nitrogen and oxygen atoms in total. The maximum Gasteiger partial charge on any atom is 0.327 e. The minimum atomic E-state index is -0.165. The number of anilines is 2. The van der Waals surface area contributed by atoms with E-state index in [-0.39, 0.29) is 6.03 Å². The number of piperidine rings is 1. The first-order valence-electron chi connectivity index (χ1n) is 11.5. The summed E-state index contributed by atoms with van der Waals surface area (Å²) in [6.07, 6.45) is 6.95. The lowest BCUT2D eigenvalue weighted by Crippen LogP contribution is -2.37. The molecule has 164 valence electrons. The van der Waals surface area contributed by atoms with Crippen LogP contribution in [0, 0.1) is 0 Å². The number of hydrogen-bond acceptors (Lipinski definition) is 3. The zero-order valence-corrected chi connectivity index (χ0v) is 18.6. The van der Waals surface area contributed by atoms with Gasteiger partial charge in [0.25, 0.3) is 0 Å². The molecule has 2 aromatic heterocycles. The lowest BCUT2D eigenvalue weighted by Gasteiger charge is -2.31. The van der Waals surface area contributed by atoms with E-state index in [4.69, 9.17) is 4.98 Å². The molecular formula is C25H33N5O. The van der Waals surface area contributed by atoms with Gasteiger partial charge in [-0.05, 0) is 81.6 Å². The van der Waals surface area contributed by atoms with E-state index in [1.54, 1.807) is 4.90 Å². The fraction of sp³-hybridized carbons (Fsp3) is 0.440. The first-order chi connectivity index (χ1) is 15.2. The average Bonchev–Trinajstić information content (AvgIpc) is 3.22. The molecule has 1 saturated heterocycles. The summed E-state index contributed by atoms with van der Waals surface area (Å²) in [7, 11) is 0. The van der Waals surface area contributed by atoms with Gasteiger partial charge in [-0.3, -0.25) is 0 Å². The molecule has 1 aliphatic heterocycles. The number of carbonyl (C=O) groups excluding carboxylic acids is 1. The van der Waals surface area contributed by atoms with Crippen LogP contribution in [0.3, 0.4) is 0 Å². The lowest BCUT2D eigenvalue weighted by atomic mass is 9.90. The van der Waals surface area contributed by atoms with Gasteiger partial charge in [0.1, 0.15) is 5.82 Å². The molecule has 3 heterocycles. The number of benzene rings is 1. The Morgan fingerprint density at radius 3 is 2.65 bits per heavy atom. The summed E-state index contributed by atoms with van der Waals surface area (Å²) in [5, 5.41) is 2.92. The Hall–Kier alpha value is -2.86. The van der Waals surface area contributed by atoms with Crippen LogP contribution < -0.4 is 10.2 Å². The molecule has 3 aromatic rings. The molecular weight excluding hydrogens is 386 g/mol. The van der Waals surface area contributed by atoms with Gasteiger partial charge in [-0.2, -0.15) is 0 Å². The molecule has 2 amide bonds. The minimum absolute atomic E-state index is 0.165. The number of fused-ring (bicyclic) bond motifs is 1. The van der Waals surface area contributed by atoms with Crippen LogP contribution in [0.5, 0.6) is 0 Å². The Bertz CT molecular complexity index is 992. The smallest absolute Gasteiger partial charge is 0.327 e. The van der Waals surface area contributed by atoms with Crippen LogP contribution in [0.4, 0.5) is 16.3 Å². The summed E-state index contributed by atoms with van der Waals surface area (Å²) in [6, 6.07) is 13.5. The number of hydrogen-bond donors (Lipinski definition) is 2. The molecule has 0 atom stereocenters. The van der Waals surface area contributed by atoms with E-state index < -0.39 is 0 Å². The topological polar surface area (TPSA) is 64.3 Å². The maximum atomic E-state index is 12.9. The Kier molecular flexibility index (Phi) is 6.87. The zero-order chi connectivity index (χ0) is 21.6.